The van der Waals surface area contributed by atoms with Crippen molar-refractivity contribution in [3.05, 3.63) is 0 Å². The van der Waals surface area contributed by atoms with Crippen molar-refractivity contribution in [3.8, 4) is 0 Å². The summed E-state index contributed by atoms with van der Waals surface area (Å²) in [5, 5.41) is 3.09. The van der Waals surface area contributed by atoms with Crippen LogP contribution in [0.1, 0.15) is 70.6 Å². The molecule has 2 saturated carbocycles. The lowest BCUT2D eigenvalue weighted by Gasteiger charge is -2.27. The van der Waals surface area contributed by atoms with Crippen LogP contribution in [0.4, 0.5) is 4.79 Å². The molecule has 3 aliphatic rings. The smallest absolute Gasteiger partial charge is 0.317 e. The Morgan fingerprint density at radius 1 is 1.05 bits per heavy atom. The van der Waals surface area contributed by atoms with Crippen LogP contribution in [0.5, 0.6) is 0 Å². The summed E-state index contributed by atoms with van der Waals surface area (Å²) < 4.78 is 5.99. The van der Waals surface area contributed by atoms with Crippen LogP contribution >= 0.6 is 0 Å². The van der Waals surface area contributed by atoms with E-state index in [9.17, 15) is 4.79 Å². The van der Waals surface area contributed by atoms with Gasteiger partial charge in [0.05, 0.1) is 6.10 Å². The second kappa shape index (κ2) is 8.19. The molecular formula is C18H32N2O2. The average Bonchev–Trinajstić information content (AvgIpc) is 3.07. The van der Waals surface area contributed by atoms with Gasteiger partial charge < -0.3 is 15.0 Å². The zero-order valence-electron chi connectivity index (χ0n) is 13.9. The molecule has 3 rings (SSSR count). The number of rotatable bonds is 6. The Kier molecular flexibility index (Phi) is 5.99. The molecule has 0 spiro atoms. The van der Waals surface area contributed by atoms with E-state index in [0.717, 1.165) is 38.5 Å². The fraction of sp³-hybridized carbons (Fsp3) is 0.944. The third-order valence-corrected chi connectivity index (χ3v) is 5.67. The van der Waals surface area contributed by atoms with Crippen LogP contribution in [0.25, 0.3) is 0 Å². The first-order valence-corrected chi connectivity index (χ1v) is 9.49. The number of hydrogen-bond acceptors (Lipinski definition) is 2. The molecule has 2 atom stereocenters. The Bertz CT molecular complexity index is 353. The lowest BCUT2D eigenvalue weighted by Crippen LogP contribution is -2.44. The van der Waals surface area contributed by atoms with Crippen molar-refractivity contribution in [2.75, 3.05) is 19.7 Å². The molecule has 1 heterocycles. The summed E-state index contributed by atoms with van der Waals surface area (Å²) >= 11 is 0. The summed E-state index contributed by atoms with van der Waals surface area (Å²) in [6.45, 7) is 2.64. The van der Waals surface area contributed by atoms with Gasteiger partial charge in [0.25, 0.3) is 0 Å². The normalized spacial score (nSPS) is 28.8. The molecule has 4 nitrogen and oxygen atoms in total. The first kappa shape index (κ1) is 16.1. The van der Waals surface area contributed by atoms with Gasteiger partial charge in [-0.05, 0) is 50.9 Å². The monoisotopic (exact) mass is 308 g/mol. The average molecular weight is 308 g/mol. The van der Waals surface area contributed by atoms with E-state index in [-0.39, 0.29) is 6.03 Å². The van der Waals surface area contributed by atoms with Crippen molar-refractivity contribution in [1.82, 2.24) is 10.2 Å². The maximum Gasteiger partial charge on any atom is 0.317 e. The zero-order chi connectivity index (χ0) is 15.2. The van der Waals surface area contributed by atoms with Crippen molar-refractivity contribution in [2.24, 2.45) is 5.92 Å². The molecule has 2 aliphatic carbocycles. The summed E-state index contributed by atoms with van der Waals surface area (Å²) in [6, 6.07) is 0.695. The highest BCUT2D eigenvalue weighted by molar-refractivity contribution is 5.75. The molecule has 126 valence electrons. The van der Waals surface area contributed by atoms with Gasteiger partial charge in [0.15, 0.2) is 0 Å². The molecule has 3 fully saturated rings. The Morgan fingerprint density at radius 3 is 2.55 bits per heavy atom. The molecule has 1 saturated heterocycles. The first-order chi connectivity index (χ1) is 10.8. The topological polar surface area (TPSA) is 41.6 Å². The van der Waals surface area contributed by atoms with E-state index >= 15 is 0 Å². The van der Waals surface area contributed by atoms with E-state index in [0.29, 0.717) is 12.1 Å². The molecule has 1 aliphatic heterocycles. The van der Waals surface area contributed by atoms with Crippen molar-refractivity contribution in [2.45, 2.75) is 82.8 Å². The number of carbonyl (C=O) groups is 1. The van der Waals surface area contributed by atoms with E-state index in [4.69, 9.17) is 4.74 Å². The maximum absolute atomic E-state index is 12.1. The van der Waals surface area contributed by atoms with Gasteiger partial charge in [-0.2, -0.15) is 0 Å². The van der Waals surface area contributed by atoms with Crippen molar-refractivity contribution >= 4 is 6.03 Å². The van der Waals surface area contributed by atoms with Gasteiger partial charge in [-0.3, -0.25) is 0 Å². The van der Waals surface area contributed by atoms with Crippen molar-refractivity contribution < 1.29 is 9.53 Å². The minimum Gasteiger partial charge on any atom is -0.378 e. The molecule has 22 heavy (non-hydrogen) atoms. The van der Waals surface area contributed by atoms with E-state index in [1.165, 1.54) is 57.8 Å². The van der Waals surface area contributed by atoms with Gasteiger partial charge >= 0.3 is 6.03 Å². The highest BCUT2D eigenvalue weighted by Gasteiger charge is 2.39. The number of hydrogen-bond donors (Lipinski definition) is 1. The van der Waals surface area contributed by atoms with Crippen LogP contribution < -0.4 is 5.32 Å². The molecule has 0 aromatic heterocycles. The maximum atomic E-state index is 12.1. The standard InChI is InChI=1S/C18H32N2O2/c21-18(20-14-15-9-10-16(20)13-15)19-11-5-6-12-22-17-7-3-1-2-4-8-17/h15-17H,1-14H2,(H,19,21). The Hall–Kier alpha value is -0.770. The van der Waals surface area contributed by atoms with Crippen LogP contribution in [-0.2, 0) is 4.74 Å². The summed E-state index contributed by atoms with van der Waals surface area (Å²) in [7, 11) is 0. The third-order valence-electron chi connectivity index (χ3n) is 5.67. The Morgan fingerprint density at radius 2 is 1.86 bits per heavy atom. The number of urea groups is 1. The number of nitrogens with zero attached hydrogens (tertiary/aromatic N) is 1. The minimum absolute atomic E-state index is 0.164. The number of likely N-dealkylation sites (tertiary alicyclic amines) is 1. The summed E-state index contributed by atoms with van der Waals surface area (Å²) in [5.41, 5.74) is 0. The van der Waals surface area contributed by atoms with Crippen LogP contribution in [-0.4, -0.2) is 42.8 Å². The van der Waals surface area contributed by atoms with Crippen LogP contribution in [0, 0.1) is 5.92 Å². The van der Waals surface area contributed by atoms with Crippen molar-refractivity contribution in [3.63, 3.8) is 0 Å². The number of unbranched alkanes of at least 4 members (excludes halogenated alkanes) is 1. The fourth-order valence-corrected chi connectivity index (χ4v) is 4.36. The minimum atomic E-state index is 0.164. The molecule has 0 radical (unpaired) electrons. The molecular weight excluding hydrogens is 276 g/mol. The highest BCUT2D eigenvalue weighted by atomic mass is 16.5. The molecule has 0 aromatic rings. The fourth-order valence-electron chi connectivity index (χ4n) is 4.36. The largest absolute Gasteiger partial charge is 0.378 e. The van der Waals surface area contributed by atoms with Crippen LogP contribution in [0.3, 0.4) is 0 Å². The number of carbonyl (C=O) groups excluding carboxylic acids is 1. The van der Waals surface area contributed by atoms with Gasteiger partial charge in [-0.1, -0.05) is 25.7 Å². The van der Waals surface area contributed by atoms with Gasteiger partial charge in [0.1, 0.15) is 0 Å². The molecule has 1 N–H and O–H groups in total. The SMILES string of the molecule is O=C(NCCCCOC1CCCCCC1)N1CC2CCC1C2. The number of amides is 2. The lowest BCUT2D eigenvalue weighted by atomic mass is 10.1. The summed E-state index contributed by atoms with van der Waals surface area (Å²) in [4.78, 5) is 14.2. The van der Waals surface area contributed by atoms with Gasteiger partial charge in [-0.15, -0.1) is 0 Å². The van der Waals surface area contributed by atoms with Crippen molar-refractivity contribution in [1.29, 1.82) is 0 Å². The predicted octanol–water partition coefficient (Wildman–Crippen LogP) is 3.70. The van der Waals surface area contributed by atoms with Gasteiger partial charge in [0.2, 0.25) is 0 Å². The third kappa shape index (κ3) is 4.37. The van der Waals surface area contributed by atoms with Gasteiger partial charge in [-0.25, -0.2) is 4.79 Å². The molecule has 0 aromatic carbocycles. The zero-order valence-corrected chi connectivity index (χ0v) is 13.9. The van der Waals surface area contributed by atoms with E-state index in [1.54, 1.807) is 0 Å². The lowest BCUT2D eigenvalue weighted by molar-refractivity contribution is 0.0410. The second-order valence-corrected chi connectivity index (χ2v) is 7.41. The predicted molar refractivity (Wildman–Crippen MR) is 87.9 cm³/mol. The van der Waals surface area contributed by atoms with E-state index in [2.05, 4.69) is 10.2 Å². The van der Waals surface area contributed by atoms with Crippen LogP contribution in [0.2, 0.25) is 0 Å². The summed E-state index contributed by atoms with van der Waals surface area (Å²) in [6.07, 6.45) is 14.3. The van der Waals surface area contributed by atoms with Crippen LogP contribution in [0.15, 0.2) is 0 Å². The number of fused-ring (bicyclic) bond motifs is 2. The van der Waals surface area contributed by atoms with Gasteiger partial charge in [0, 0.05) is 25.7 Å². The highest BCUT2D eigenvalue weighted by Crippen LogP contribution is 2.37. The first-order valence-electron chi connectivity index (χ1n) is 9.49. The number of ether oxygens (including phenoxy) is 1. The Labute approximate surface area is 135 Å². The molecule has 2 amide bonds. The number of nitrogens with one attached hydrogen (secondary N) is 1. The summed E-state index contributed by atoms with van der Waals surface area (Å²) in [5.74, 6) is 0.781. The molecule has 4 heteroatoms. The second-order valence-electron chi connectivity index (χ2n) is 7.41. The quantitative estimate of drug-likeness (QED) is 0.600. The molecule has 2 unspecified atom stereocenters. The number of piperidine rings is 1. The van der Waals surface area contributed by atoms with E-state index in [1.807, 2.05) is 0 Å². The Balaban J connectivity index is 1.21. The molecule has 2 bridgehead atoms. The van der Waals surface area contributed by atoms with E-state index < -0.39 is 0 Å².